The van der Waals surface area contributed by atoms with Crippen molar-refractivity contribution in [2.45, 2.75) is 37.4 Å². The third kappa shape index (κ3) is 14.8. The molecule has 1 aliphatic heterocycles. The number of halogens is 1. The average Bonchev–Trinajstić information content (AvgIpc) is 3.26. The molecule has 1 aromatic heterocycles. The van der Waals surface area contributed by atoms with Gasteiger partial charge in [-0.25, -0.2) is 32.4 Å². The van der Waals surface area contributed by atoms with Gasteiger partial charge in [-0.2, -0.15) is 0 Å². The van der Waals surface area contributed by atoms with Crippen molar-refractivity contribution in [3.05, 3.63) is 33.1 Å². The van der Waals surface area contributed by atoms with Crippen molar-refractivity contribution in [2.75, 3.05) is 94.4 Å². The van der Waals surface area contributed by atoms with Crippen molar-refractivity contribution in [3.63, 3.8) is 0 Å². The first-order valence-corrected chi connectivity index (χ1v) is 15.8. The van der Waals surface area contributed by atoms with Crippen molar-refractivity contribution in [2.24, 2.45) is 0 Å². The fraction of sp³-hybridized carbons (Fsp3) is 0.769. The lowest BCUT2D eigenvalue weighted by molar-refractivity contribution is -0.141. The Hall–Kier alpha value is -3.02. The normalized spacial score (nSPS) is 22.8. The molecule has 2 heterocycles. The number of nitrogens with one attached hydrogen (secondary N) is 1. The van der Waals surface area contributed by atoms with Crippen LogP contribution in [0.15, 0.2) is 21.9 Å². The number of alkyl halides is 1. The standard InChI is InChI=1S/C23H36FN2O18P.C3H8O/c1-22(32)17(28)23(12-24,44-18(22)26-5-4-16(27)25-19(26)29)13-41-45(33,42-14-39-20(30)37-10-7-35-3)43-15-40-21(31)38-11-9-36-8-6-34-2;1-3-4-2/h4-5,17-18,28,32H,6-15H2,1-3H3,(H,25,27,29);3H2,1-2H3/t17-,18+,22+,23+,45?;/m0./s1. The summed E-state index contributed by atoms with van der Waals surface area (Å²) in [5.74, 6) is 0. The average molecular weight is 739 g/mol. The molecule has 1 fully saturated rings. The van der Waals surface area contributed by atoms with Gasteiger partial charge in [0.2, 0.25) is 13.6 Å². The molecule has 49 heavy (non-hydrogen) atoms. The summed E-state index contributed by atoms with van der Waals surface area (Å²) in [6, 6.07) is 0.911. The fourth-order valence-corrected chi connectivity index (χ4v) is 4.54. The molecule has 5 atom stereocenters. The number of phosphoric ester groups is 1. The molecule has 21 nitrogen and oxygen atoms in total. The van der Waals surface area contributed by atoms with E-state index < -0.39 is 81.8 Å². The van der Waals surface area contributed by atoms with Crippen LogP contribution in [0.4, 0.5) is 14.0 Å². The van der Waals surface area contributed by atoms with E-state index in [1.165, 1.54) is 14.2 Å². The van der Waals surface area contributed by atoms with E-state index in [9.17, 15) is 38.3 Å². The van der Waals surface area contributed by atoms with Gasteiger partial charge in [0.1, 0.15) is 31.6 Å². The second-order valence-electron chi connectivity index (χ2n) is 9.69. The minimum Gasteiger partial charge on any atom is -0.432 e. The number of phosphoric acid groups is 1. The minimum atomic E-state index is -4.98. The van der Waals surface area contributed by atoms with Gasteiger partial charge in [0.15, 0.2) is 11.8 Å². The van der Waals surface area contributed by atoms with E-state index in [4.69, 9.17) is 37.3 Å². The Balaban J connectivity index is 0.00000283. The molecule has 0 aromatic carbocycles. The molecule has 0 aliphatic carbocycles. The van der Waals surface area contributed by atoms with E-state index in [0.717, 1.165) is 25.8 Å². The third-order valence-corrected chi connectivity index (χ3v) is 7.43. The highest BCUT2D eigenvalue weighted by molar-refractivity contribution is 7.48. The molecular formula is C26H44FN2O19P. The molecule has 0 saturated carbocycles. The van der Waals surface area contributed by atoms with Gasteiger partial charge in [0.05, 0.1) is 33.0 Å². The maximum absolute atomic E-state index is 14.5. The van der Waals surface area contributed by atoms with Crippen LogP contribution in [0.3, 0.4) is 0 Å². The van der Waals surface area contributed by atoms with Crippen molar-refractivity contribution < 1.29 is 85.0 Å². The zero-order valence-electron chi connectivity index (χ0n) is 27.7. The minimum absolute atomic E-state index is 0.00541. The van der Waals surface area contributed by atoms with Crippen LogP contribution in [0, 0.1) is 0 Å². The summed E-state index contributed by atoms with van der Waals surface area (Å²) < 4.78 is 86.6. The number of carbonyl (C=O) groups is 2. The number of methoxy groups -OCH3 is 3. The third-order valence-electron chi connectivity index (χ3n) is 6.15. The maximum atomic E-state index is 14.5. The largest absolute Gasteiger partial charge is 0.510 e. The molecule has 0 amide bonds. The Labute approximate surface area is 279 Å². The summed E-state index contributed by atoms with van der Waals surface area (Å²) in [5, 5.41) is 21.8. The summed E-state index contributed by atoms with van der Waals surface area (Å²) in [5.41, 5.74) is -6.73. The predicted molar refractivity (Wildman–Crippen MR) is 159 cm³/mol. The van der Waals surface area contributed by atoms with Gasteiger partial charge in [-0.15, -0.1) is 0 Å². The Morgan fingerprint density at radius 1 is 0.939 bits per heavy atom. The van der Waals surface area contributed by atoms with Crippen molar-refractivity contribution in [1.29, 1.82) is 0 Å². The monoisotopic (exact) mass is 738 g/mol. The lowest BCUT2D eigenvalue weighted by atomic mass is 9.88. The number of aliphatic hydroxyl groups is 2. The zero-order valence-corrected chi connectivity index (χ0v) is 28.6. The van der Waals surface area contributed by atoms with Gasteiger partial charge >= 0.3 is 25.8 Å². The topological polar surface area (TPSA) is 257 Å². The molecule has 0 bridgehead atoms. The molecule has 284 valence electrons. The summed E-state index contributed by atoms with van der Waals surface area (Å²) in [6.07, 6.45) is -5.54. The van der Waals surface area contributed by atoms with Crippen LogP contribution in [-0.2, 0) is 60.8 Å². The molecular weight excluding hydrogens is 694 g/mol. The lowest BCUT2D eigenvalue weighted by Gasteiger charge is -2.31. The van der Waals surface area contributed by atoms with Gasteiger partial charge in [0, 0.05) is 40.2 Å². The number of aromatic nitrogens is 2. The van der Waals surface area contributed by atoms with Crippen LogP contribution in [0.2, 0.25) is 0 Å². The van der Waals surface area contributed by atoms with Gasteiger partial charge < -0.3 is 52.8 Å². The summed E-state index contributed by atoms with van der Waals surface area (Å²) in [6.45, 7) is -1.03. The Morgan fingerprint density at radius 2 is 1.47 bits per heavy atom. The van der Waals surface area contributed by atoms with Crippen LogP contribution in [-0.4, -0.2) is 144 Å². The number of rotatable bonds is 21. The number of ether oxygens (including phenoxy) is 9. The molecule has 3 N–H and O–H groups in total. The number of carbonyl (C=O) groups excluding carboxylic acids is 2. The number of hydrogen-bond donors (Lipinski definition) is 3. The van der Waals surface area contributed by atoms with E-state index in [1.54, 1.807) is 7.11 Å². The highest BCUT2D eigenvalue weighted by Crippen LogP contribution is 2.52. The van der Waals surface area contributed by atoms with E-state index in [1.807, 2.05) is 11.9 Å². The highest BCUT2D eigenvalue weighted by Gasteiger charge is 2.63. The van der Waals surface area contributed by atoms with Gasteiger partial charge in [-0.05, 0) is 13.8 Å². The predicted octanol–water partition coefficient (Wildman–Crippen LogP) is 0.227. The van der Waals surface area contributed by atoms with Crippen LogP contribution in [0.5, 0.6) is 0 Å². The number of H-pyrrole nitrogens is 1. The smallest absolute Gasteiger partial charge is 0.432 e. The van der Waals surface area contributed by atoms with Crippen LogP contribution in [0.1, 0.15) is 20.1 Å². The molecule has 1 saturated heterocycles. The zero-order chi connectivity index (χ0) is 36.9. The van der Waals surface area contributed by atoms with E-state index in [0.29, 0.717) is 11.2 Å². The summed E-state index contributed by atoms with van der Waals surface area (Å²) in [7, 11) is -0.467. The molecule has 1 aliphatic rings. The molecule has 23 heteroatoms. The first-order chi connectivity index (χ1) is 23.3. The lowest BCUT2D eigenvalue weighted by Crippen LogP contribution is -2.53. The van der Waals surface area contributed by atoms with Crippen molar-refractivity contribution in [3.8, 4) is 0 Å². The number of hydrogen-bond acceptors (Lipinski definition) is 19. The number of nitrogens with zero attached hydrogens (tertiary/aromatic N) is 1. The summed E-state index contributed by atoms with van der Waals surface area (Å²) >= 11 is 0. The van der Waals surface area contributed by atoms with Crippen molar-refractivity contribution >= 4 is 20.1 Å². The fourth-order valence-electron chi connectivity index (χ4n) is 3.58. The Kier molecular flexibility index (Phi) is 20.3. The number of aliphatic hydroxyl groups excluding tert-OH is 1. The van der Waals surface area contributed by atoms with Crippen LogP contribution in [0.25, 0.3) is 0 Å². The Morgan fingerprint density at radius 3 is 1.98 bits per heavy atom. The molecule has 1 unspecified atom stereocenters. The molecule has 1 aromatic rings. The van der Waals surface area contributed by atoms with E-state index in [2.05, 4.69) is 18.9 Å². The summed E-state index contributed by atoms with van der Waals surface area (Å²) in [4.78, 5) is 49.1. The van der Waals surface area contributed by atoms with Gasteiger partial charge in [-0.1, -0.05) is 0 Å². The first-order valence-electron chi connectivity index (χ1n) is 14.4. The van der Waals surface area contributed by atoms with Crippen LogP contribution >= 0.6 is 7.82 Å². The Bertz CT molecular complexity index is 1280. The molecule has 0 radical (unpaired) electrons. The SMILES string of the molecule is CCOC.COCCOCCOC(=O)OCOP(=O)(OCOC(=O)OCCOC)OC[C@@]1(CF)O[C@@H](n2ccc(=O)[nH]c2=O)[C@](C)(O)[C@@H]1O. The molecule has 0 spiro atoms. The second kappa shape index (κ2) is 22.6. The number of aromatic amines is 1. The van der Waals surface area contributed by atoms with E-state index in [-0.39, 0.29) is 33.0 Å². The van der Waals surface area contributed by atoms with Gasteiger partial charge in [0.25, 0.3) is 5.56 Å². The highest BCUT2D eigenvalue weighted by atomic mass is 31.2. The molecule has 2 rings (SSSR count). The van der Waals surface area contributed by atoms with Crippen LogP contribution < -0.4 is 11.2 Å². The van der Waals surface area contributed by atoms with Crippen molar-refractivity contribution in [1.82, 2.24) is 9.55 Å². The first kappa shape index (κ1) is 44.0. The second-order valence-corrected chi connectivity index (χ2v) is 11.4. The maximum Gasteiger partial charge on any atom is 0.510 e. The quantitative estimate of drug-likeness (QED) is 0.0660. The van der Waals surface area contributed by atoms with E-state index >= 15 is 0 Å². The van der Waals surface area contributed by atoms with Gasteiger partial charge in [-0.3, -0.25) is 18.9 Å².